The summed E-state index contributed by atoms with van der Waals surface area (Å²) in [6.07, 6.45) is 2.41. The van der Waals surface area contributed by atoms with E-state index in [0.29, 0.717) is 22.3 Å². The number of hydrogen-bond acceptors (Lipinski definition) is 5. The summed E-state index contributed by atoms with van der Waals surface area (Å²) in [6.45, 7) is 2.43. The summed E-state index contributed by atoms with van der Waals surface area (Å²) < 4.78 is 20.8. The van der Waals surface area contributed by atoms with Gasteiger partial charge in [-0.05, 0) is 24.2 Å². The third-order valence-electron chi connectivity index (χ3n) is 2.40. The molecule has 1 heterocycles. The molecular formula is C12H15FN4OS. The first-order valence-electron chi connectivity index (χ1n) is 5.85. The molecule has 0 bridgehead atoms. The average Bonchev–Trinajstić information content (AvgIpc) is 2.77. The molecule has 0 saturated carbocycles. The fraction of sp³-hybridized carbons (Fsp3) is 0.333. The maximum Gasteiger partial charge on any atom is 0.195 e. The summed E-state index contributed by atoms with van der Waals surface area (Å²) >= 11 is 1.32. The molecule has 1 aromatic carbocycles. The molecule has 0 aliphatic rings. The number of anilines is 1. The molecule has 19 heavy (non-hydrogen) atoms. The molecule has 0 spiro atoms. The molecule has 2 aromatic rings. The van der Waals surface area contributed by atoms with Crippen molar-refractivity contribution in [2.75, 3.05) is 12.3 Å². The zero-order valence-electron chi connectivity index (χ0n) is 10.8. The minimum atomic E-state index is -0.451. The first-order chi connectivity index (χ1) is 9.11. The van der Waals surface area contributed by atoms with Crippen molar-refractivity contribution < 1.29 is 9.13 Å². The van der Waals surface area contributed by atoms with Gasteiger partial charge in [0.2, 0.25) is 0 Å². The summed E-state index contributed by atoms with van der Waals surface area (Å²) in [5.41, 5.74) is 6.17. The zero-order valence-corrected chi connectivity index (χ0v) is 11.6. The second-order valence-corrected chi connectivity index (χ2v) is 5.00. The van der Waals surface area contributed by atoms with E-state index in [4.69, 9.17) is 10.5 Å². The summed E-state index contributed by atoms with van der Waals surface area (Å²) in [4.78, 5) is 0.698. The Bertz CT molecular complexity index is 573. The number of nitrogens with zero attached hydrogens (tertiary/aromatic N) is 3. The van der Waals surface area contributed by atoms with Crippen LogP contribution in [0.1, 0.15) is 13.3 Å². The standard InChI is InChI=1S/C12H15FN4OS/c1-3-4-18-10-6-11(9(14)5-8(10)13)19-12-16-15-7-17(12)2/h5-7H,3-4,14H2,1-2H3. The number of rotatable bonds is 5. The molecule has 0 radical (unpaired) electrons. The second kappa shape index (κ2) is 5.92. The zero-order chi connectivity index (χ0) is 13.8. The van der Waals surface area contributed by atoms with Crippen molar-refractivity contribution >= 4 is 17.4 Å². The summed E-state index contributed by atoms with van der Waals surface area (Å²) in [5.74, 6) is -0.242. The van der Waals surface area contributed by atoms with Crippen LogP contribution in [0.25, 0.3) is 0 Å². The Morgan fingerprint density at radius 2 is 2.26 bits per heavy atom. The molecule has 2 rings (SSSR count). The molecule has 0 amide bonds. The first-order valence-corrected chi connectivity index (χ1v) is 6.67. The van der Waals surface area contributed by atoms with Crippen molar-refractivity contribution in [3.63, 3.8) is 0 Å². The molecule has 0 aliphatic heterocycles. The molecular weight excluding hydrogens is 267 g/mol. The lowest BCUT2D eigenvalue weighted by atomic mass is 10.3. The number of aromatic nitrogens is 3. The number of benzene rings is 1. The monoisotopic (exact) mass is 282 g/mol. The van der Waals surface area contributed by atoms with Crippen molar-refractivity contribution in [2.24, 2.45) is 7.05 Å². The predicted octanol–water partition coefficient (Wildman–Crippen LogP) is 2.48. The summed E-state index contributed by atoms with van der Waals surface area (Å²) in [5, 5.41) is 8.42. The topological polar surface area (TPSA) is 66.0 Å². The van der Waals surface area contributed by atoms with E-state index in [-0.39, 0.29) is 5.75 Å². The van der Waals surface area contributed by atoms with Crippen LogP contribution in [-0.4, -0.2) is 21.4 Å². The highest BCUT2D eigenvalue weighted by Crippen LogP contribution is 2.35. The summed E-state index contributed by atoms with van der Waals surface area (Å²) in [7, 11) is 1.83. The Labute approximate surface area is 115 Å². The first kappa shape index (κ1) is 13.7. The van der Waals surface area contributed by atoms with Gasteiger partial charge in [0.1, 0.15) is 6.33 Å². The van der Waals surface area contributed by atoms with E-state index in [9.17, 15) is 4.39 Å². The molecule has 0 fully saturated rings. The molecule has 0 aliphatic carbocycles. The minimum absolute atomic E-state index is 0.209. The average molecular weight is 282 g/mol. The molecule has 7 heteroatoms. The van der Waals surface area contributed by atoms with Crippen LogP contribution < -0.4 is 10.5 Å². The highest BCUT2D eigenvalue weighted by atomic mass is 32.2. The Morgan fingerprint density at radius 1 is 1.47 bits per heavy atom. The molecule has 2 N–H and O–H groups in total. The van der Waals surface area contributed by atoms with Crippen LogP contribution in [0.2, 0.25) is 0 Å². The SMILES string of the molecule is CCCOc1cc(Sc2nncn2C)c(N)cc1F. The van der Waals surface area contributed by atoms with Crippen LogP contribution in [0.15, 0.2) is 28.5 Å². The van der Waals surface area contributed by atoms with Crippen molar-refractivity contribution in [3.05, 3.63) is 24.3 Å². The van der Waals surface area contributed by atoms with Gasteiger partial charge in [-0.25, -0.2) is 4.39 Å². The van der Waals surface area contributed by atoms with Crippen molar-refractivity contribution in [1.82, 2.24) is 14.8 Å². The normalized spacial score (nSPS) is 10.7. The Morgan fingerprint density at radius 3 is 2.89 bits per heavy atom. The molecule has 1 aromatic heterocycles. The number of aryl methyl sites for hydroxylation is 1. The predicted molar refractivity (Wildman–Crippen MR) is 71.7 cm³/mol. The van der Waals surface area contributed by atoms with Crippen molar-refractivity contribution in [3.8, 4) is 5.75 Å². The van der Waals surface area contributed by atoms with Crippen LogP contribution in [-0.2, 0) is 7.05 Å². The van der Waals surface area contributed by atoms with Gasteiger partial charge in [0, 0.05) is 23.7 Å². The quantitative estimate of drug-likeness (QED) is 0.853. The lowest BCUT2D eigenvalue weighted by molar-refractivity contribution is 0.300. The van der Waals surface area contributed by atoms with E-state index < -0.39 is 5.82 Å². The summed E-state index contributed by atoms with van der Waals surface area (Å²) in [6, 6.07) is 2.86. The number of ether oxygens (including phenoxy) is 1. The van der Waals surface area contributed by atoms with Gasteiger partial charge in [-0.15, -0.1) is 10.2 Å². The van der Waals surface area contributed by atoms with Crippen LogP contribution in [0.4, 0.5) is 10.1 Å². The van der Waals surface area contributed by atoms with Crippen LogP contribution >= 0.6 is 11.8 Å². The minimum Gasteiger partial charge on any atom is -0.490 e. The third kappa shape index (κ3) is 3.17. The Balaban J connectivity index is 2.27. The molecule has 0 unspecified atom stereocenters. The number of nitrogen functional groups attached to an aromatic ring is 1. The van der Waals surface area contributed by atoms with Crippen LogP contribution in [0, 0.1) is 5.82 Å². The van der Waals surface area contributed by atoms with E-state index in [1.54, 1.807) is 17.0 Å². The Hall–Kier alpha value is -1.76. The van der Waals surface area contributed by atoms with Gasteiger partial charge in [0.25, 0.3) is 0 Å². The van der Waals surface area contributed by atoms with Gasteiger partial charge in [-0.2, -0.15) is 0 Å². The third-order valence-corrected chi connectivity index (χ3v) is 3.52. The van der Waals surface area contributed by atoms with E-state index in [1.165, 1.54) is 17.8 Å². The van der Waals surface area contributed by atoms with E-state index in [1.807, 2.05) is 14.0 Å². The maximum absolute atomic E-state index is 13.7. The molecule has 5 nitrogen and oxygen atoms in total. The number of hydrogen-bond donors (Lipinski definition) is 1. The fourth-order valence-electron chi connectivity index (χ4n) is 1.42. The lowest BCUT2D eigenvalue weighted by Crippen LogP contribution is -2.00. The van der Waals surface area contributed by atoms with Crippen molar-refractivity contribution in [1.29, 1.82) is 0 Å². The highest BCUT2D eigenvalue weighted by Gasteiger charge is 2.12. The second-order valence-electron chi connectivity index (χ2n) is 4.00. The molecule has 102 valence electrons. The van der Waals surface area contributed by atoms with Gasteiger partial charge < -0.3 is 15.0 Å². The largest absolute Gasteiger partial charge is 0.490 e. The van der Waals surface area contributed by atoms with Crippen molar-refractivity contribution in [2.45, 2.75) is 23.4 Å². The van der Waals surface area contributed by atoms with Gasteiger partial charge in [0.15, 0.2) is 16.7 Å². The highest BCUT2D eigenvalue weighted by molar-refractivity contribution is 7.99. The van der Waals surface area contributed by atoms with E-state index in [0.717, 1.165) is 6.42 Å². The smallest absolute Gasteiger partial charge is 0.195 e. The number of halogens is 1. The van der Waals surface area contributed by atoms with E-state index in [2.05, 4.69) is 10.2 Å². The van der Waals surface area contributed by atoms with E-state index >= 15 is 0 Å². The molecule has 0 saturated heterocycles. The number of nitrogens with two attached hydrogens (primary N) is 1. The van der Waals surface area contributed by atoms with Crippen LogP contribution in [0.3, 0.4) is 0 Å². The van der Waals surface area contributed by atoms with Gasteiger partial charge >= 0.3 is 0 Å². The lowest BCUT2D eigenvalue weighted by Gasteiger charge is -2.10. The van der Waals surface area contributed by atoms with Gasteiger partial charge in [-0.3, -0.25) is 0 Å². The Kier molecular flexibility index (Phi) is 4.26. The van der Waals surface area contributed by atoms with Gasteiger partial charge in [0.05, 0.1) is 6.61 Å². The fourth-order valence-corrected chi connectivity index (χ4v) is 2.24. The molecule has 0 atom stereocenters. The van der Waals surface area contributed by atoms with Crippen LogP contribution in [0.5, 0.6) is 5.75 Å². The van der Waals surface area contributed by atoms with Gasteiger partial charge in [-0.1, -0.05) is 6.92 Å². The maximum atomic E-state index is 13.7.